The number of rotatable bonds is 3. The normalized spacial score (nSPS) is 11.7. The Kier molecular flexibility index (Phi) is 4.12. The second-order valence-corrected chi connectivity index (χ2v) is 5.41. The molecule has 0 atom stereocenters. The Labute approximate surface area is 140 Å². The molecule has 1 amide bonds. The van der Waals surface area contributed by atoms with Crippen molar-refractivity contribution in [3.8, 4) is 5.75 Å². The Morgan fingerprint density at radius 3 is 2.68 bits per heavy atom. The molecule has 0 radical (unpaired) electrons. The predicted octanol–water partition coefficient (Wildman–Crippen LogP) is 3.87. The van der Waals surface area contributed by atoms with Crippen LogP contribution in [0.4, 0.5) is 18.9 Å². The number of nitrogens with zero attached hydrogens (tertiary/aromatic N) is 2. The number of carbonyl (C=O) groups is 1. The van der Waals surface area contributed by atoms with Crippen LogP contribution in [0.1, 0.15) is 28.7 Å². The van der Waals surface area contributed by atoms with E-state index in [-0.39, 0.29) is 17.1 Å². The standard InChI is InChI=1S/C17H14F3N3O2/c1-2-13-15(16(25)21-11-4-3-5-12(24)8-11)23-9-10(17(18,19)20)6-7-14(23)22-13/h3-9,24H,2H2,1H3,(H,21,25). The maximum absolute atomic E-state index is 13.0. The maximum atomic E-state index is 13.0. The zero-order chi connectivity index (χ0) is 18.2. The lowest BCUT2D eigenvalue weighted by Crippen LogP contribution is -2.17. The van der Waals surface area contributed by atoms with Crippen LogP contribution in [-0.4, -0.2) is 20.4 Å². The van der Waals surface area contributed by atoms with Gasteiger partial charge in [-0.1, -0.05) is 13.0 Å². The van der Waals surface area contributed by atoms with Crippen molar-refractivity contribution in [1.29, 1.82) is 0 Å². The molecule has 25 heavy (non-hydrogen) atoms. The second kappa shape index (κ2) is 6.12. The first-order valence-corrected chi connectivity index (χ1v) is 7.48. The van der Waals surface area contributed by atoms with Crippen molar-refractivity contribution < 1.29 is 23.1 Å². The highest BCUT2D eigenvalue weighted by Crippen LogP contribution is 2.30. The van der Waals surface area contributed by atoms with Gasteiger partial charge in [-0.3, -0.25) is 9.20 Å². The summed E-state index contributed by atoms with van der Waals surface area (Å²) in [5.41, 5.74) is 0.135. The Morgan fingerprint density at radius 1 is 1.28 bits per heavy atom. The Morgan fingerprint density at radius 2 is 2.04 bits per heavy atom. The highest BCUT2D eigenvalue weighted by molar-refractivity contribution is 6.04. The number of phenolic OH excluding ortho intramolecular Hbond substituents is 1. The fraction of sp³-hybridized carbons (Fsp3) is 0.176. The first kappa shape index (κ1) is 16.8. The number of pyridine rings is 1. The van der Waals surface area contributed by atoms with E-state index in [4.69, 9.17) is 0 Å². The molecule has 0 bridgehead atoms. The number of amides is 1. The summed E-state index contributed by atoms with van der Waals surface area (Å²) in [6, 6.07) is 8.05. The minimum Gasteiger partial charge on any atom is -0.508 e. The third-order valence-corrected chi connectivity index (χ3v) is 3.67. The van der Waals surface area contributed by atoms with Gasteiger partial charge in [0, 0.05) is 18.0 Å². The van der Waals surface area contributed by atoms with Gasteiger partial charge in [0.25, 0.3) is 5.91 Å². The molecule has 5 nitrogen and oxygen atoms in total. The molecule has 2 aromatic heterocycles. The van der Waals surface area contributed by atoms with Gasteiger partial charge in [-0.25, -0.2) is 4.98 Å². The molecule has 8 heteroatoms. The van der Waals surface area contributed by atoms with Crippen LogP contribution >= 0.6 is 0 Å². The van der Waals surface area contributed by atoms with Gasteiger partial charge in [-0.15, -0.1) is 0 Å². The minimum absolute atomic E-state index is 0.0342. The lowest BCUT2D eigenvalue weighted by atomic mass is 10.2. The summed E-state index contributed by atoms with van der Waals surface area (Å²) < 4.78 is 40.0. The summed E-state index contributed by atoms with van der Waals surface area (Å²) >= 11 is 0. The molecule has 0 aliphatic heterocycles. The number of phenols is 1. The number of halogens is 3. The van der Waals surface area contributed by atoms with E-state index in [0.29, 0.717) is 17.8 Å². The lowest BCUT2D eigenvalue weighted by molar-refractivity contribution is -0.137. The maximum Gasteiger partial charge on any atom is 0.417 e. The van der Waals surface area contributed by atoms with E-state index < -0.39 is 17.6 Å². The van der Waals surface area contributed by atoms with Crippen LogP contribution in [0.3, 0.4) is 0 Å². The van der Waals surface area contributed by atoms with E-state index in [0.717, 1.165) is 16.7 Å². The van der Waals surface area contributed by atoms with Gasteiger partial charge in [-0.05, 0) is 30.7 Å². The highest BCUT2D eigenvalue weighted by atomic mass is 19.4. The van der Waals surface area contributed by atoms with Crippen LogP contribution in [0.5, 0.6) is 5.75 Å². The number of benzene rings is 1. The predicted molar refractivity (Wildman–Crippen MR) is 85.6 cm³/mol. The average molecular weight is 349 g/mol. The third kappa shape index (κ3) is 3.28. The molecular formula is C17H14F3N3O2. The van der Waals surface area contributed by atoms with Gasteiger partial charge in [-0.2, -0.15) is 13.2 Å². The quantitative estimate of drug-likeness (QED) is 0.754. The summed E-state index contributed by atoms with van der Waals surface area (Å²) in [5.74, 6) is -0.639. The topological polar surface area (TPSA) is 66.6 Å². The van der Waals surface area contributed by atoms with Crippen molar-refractivity contribution in [3.05, 3.63) is 59.5 Å². The van der Waals surface area contributed by atoms with Crippen molar-refractivity contribution in [1.82, 2.24) is 9.38 Å². The molecule has 2 heterocycles. The molecule has 0 fully saturated rings. The molecule has 1 aromatic carbocycles. The fourth-order valence-corrected chi connectivity index (χ4v) is 2.52. The average Bonchev–Trinajstić information content (AvgIpc) is 2.91. The number of hydrogen-bond donors (Lipinski definition) is 2. The van der Waals surface area contributed by atoms with Gasteiger partial charge >= 0.3 is 6.18 Å². The summed E-state index contributed by atoms with van der Waals surface area (Å²) in [7, 11) is 0. The van der Waals surface area contributed by atoms with Gasteiger partial charge in [0.1, 0.15) is 17.1 Å². The number of fused-ring (bicyclic) bond motifs is 1. The molecule has 0 aliphatic carbocycles. The molecule has 0 unspecified atom stereocenters. The fourth-order valence-electron chi connectivity index (χ4n) is 2.52. The van der Waals surface area contributed by atoms with Crippen molar-refractivity contribution in [2.45, 2.75) is 19.5 Å². The van der Waals surface area contributed by atoms with Crippen LogP contribution in [-0.2, 0) is 12.6 Å². The second-order valence-electron chi connectivity index (χ2n) is 5.41. The van der Waals surface area contributed by atoms with Crippen LogP contribution in [0.25, 0.3) is 5.65 Å². The number of nitrogens with one attached hydrogen (secondary N) is 1. The molecule has 0 saturated carbocycles. The summed E-state index contributed by atoms with van der Waals surface area (Å²) in [6.07, 6.45) is -3.28. The molecular weight excluding hydrogens is 335 g/mol. The zero-order valence-electron chi connectivity index (χ0n) is 13.1. The van der Waals surface area contributed by atoms with Gasteiger partial charge < -0.3 is 10.4 Å². The number of imidazole rings is 1. The lowest BCUT2D eigenvalue weighted by Gasteiger charge is -2.09. The van der Waals surface area contributed by atoms with Crippen molar-refractivity contribution >= 4 is 17.2 Å². The first-order valence-electron chi connectivity index (χ1n) is 7.48. The molecule has 0 aliphatic rings. The summed E-state index contributed by atoms with van der Waals surface area (Å²) in [6.45, 7) is 1.76. The number of anilines is 1. The monoisotopic (exact) mass is 349 g/mol. The number of alkyl halides is 3. The van der Waals surface area contributed by atoms with E-state index in [1.165, 1.54) is 18.2 Å². The molecule has 130 valence electrons. The Balaban J connectivity index is 2.08. The molecule has 3 aromatic rings. The zero-order valence-corrected chi connectivity index (χ0v) is 13.1. The number of hydrogen-bond acceptors (Lipinski definition) is 3. The Hall–Kier alpha value is -3.03. The summed E-state index contributed by atoms with van der Waals surface area (Å²) in [5, 5.41) is 12.0. The number of aryl methyl sites for hydroxylation is 1. The number of aromatic nitrogens is 2. The smallest absolute Gasteiger partial charge is 0.417 e. The molecule has 3 rings (SSSR count). The van der Waals surface area contributed by atoms with Gasteiger partial charge in [0.15, 0.2) is 0 Å². The van der Waals surface area contributed by atoms with Crippen LogP contribution < -0.4 is 5.32 Å². The molecule has 2 N–H and O–H groups in total. The van der Waals surface area contributed by atoms with Gasteiger partial charge in [0.05, 0.1) is 11.3 Å². The van der Waals surface area contributed by atoms with Crippen LogP contribution in [0, 0.1) is 0 Å². The highest BCUT2D eigenvalue weighted by Gasteiger charge is 2.31. The number of carbonyl (C=O) groups excluding carboxylic acids is 1. The van der Waals surface area contributed by atoms with E-state index in [1.807, 2.05) is 0 Å². The van der Waals surface area contributed by atoms with Crippen LogP contribution in [0.15, 0.2) is 42.6 Å². The van der Waals surface area contributed by atoms with E-state index in [9.17, 15) is 23.1 Å². The van der Waals surface area contributed by atoms with Crippen LogP contribution in [0.2, 0.25) is 0 Å². The van der Waals surface area contributed by atoms with Gasteiger partial charge in [0.2, 0.25) is 0 Å². The van der Waals surface area contributed by atoms with Crippen molar-refractivity contribution in [2.24, 2.45) is 0 Å². The Bertz CT molecular complexity index is 948. The van der Waals surface area contributed by atoms with Crippen molar-refractivity contribution in [3.63, 3.8) is 0 Å². The summed E-state index contributed by atoms with van der Waals surface area (Å²) in [4.78, 5) is 16.8. The largest absolute Gasteiger partial charge is 0.508 e. The first-order chi connectivity index (χ1) is 11.8. The minimum atomic E-state index is -4.52. The van der Waals surface area contributed by atoms with E-state index in [1.54, 1.807) is 19.1 Å². The van der Waals surface area contributed by atoms with Crippen molar-refractivity contribution in [2.75, 3.05) is 5.32 Å². The third-order valence-electron chi connectivity index (χ3n) is 3.67. The van der Waals surface area contributed by atoms with E-state index in [2.05, 4.69) is 10.3 Å². The molecule has 0 spiro atoms. The SMILES string of the molecule is CCc1nc2ccc(C(F)(F)F)cn2c1C(=O)Nc1cccc(O)c1. The number of aromatic hydroxyl groups is 1. The molecule has 0 saturated heterocycles. The van der Waals surface area contributed by atoms with E-state index >= 15 is 0 Å².